The van der Waals surface area contributed by atoms with E-state index in [1.807, 2.05) is 0 Å². The lowest BCUT2D eigenvalue weighted by Gasteiger charge is -2.39. The first-order valence-electron chi connectivity index (χ1n) is 9.68. The standard InChI is InChI=1S/C21H22O13/c22-6-13-17(30)18(31)19(32)21(33-13)34-20-14(10(25)5-12(27)16(20)29)15(28)11(26)4-7-1-2-8(23)9(24)3-7/h1-5,13,17-19,21-27,29-32H,6H2/b11-4-/t13-,17-,18+,19-,21+/m1/s1. The highest BCUT2D eigenvalue weighted by atomic mass is 16.7. The van der Waals surface area contributed by atoms with Crippen LogP contribution in [0.4, 0.5) is 0 Å². The summed E-state index contributed by atoms with van der Waals surface area (Å²) < 4.78 is 10.4. The van der Waals surface area contributed by atoms with E-state index >= 15 is 0 Å². The van der Waals surface area contributed by atoms with Gasteiger partial charge in [0.05, 0.1) is 6.61 Å². The predicted octanol–water partition coefficient (Wildman–Crippen LogP) is -0.825. The molecule has 0 unspecified atom stereocenters. The molecule has 0 bridgehead atoms. The molecule has 13 nitrogen and oxygen atoms in total. The first-order valence-corrected chi connectivity index (χ1v) is 9.68. The fraction of sp³-hybridized carbons (Fsp3) is 0.286. The van der Waals surface area contributed by atoms with E-state index in [4.69, 9.17) is 9.47 Å². The summed E-state index contributed by atoms with van der Waals surface area (Å²) >= 11 is 0. The SMILES string of the molecule is O=C(/C(O)=C/c1ccc(O)c(O)c1)c1c(O)cc(O)c(O)c1O[C@@H]1O[C@H](CO)[C@@H](O)[C@H](O)[C@H]1O. The minimum Gasteiger partial charge on any atom is -0.507 e. The highest BCUT2D eigenvalue weighted by Gasteiger charge is 2.45. The van der Waals surface area contributed by atoms with Crippen molar-refractivity contribution in [2.75, 3.05) is 6.61 Å². The van der Waals surface area contributed by atoms with Gasteiger partial charge in [-0.15, -0.1) is 0 Å². The molecule has 0 radical (unpaired) electrons. The maximum atomic E-state index is 12.9. The van der Waals surface area contributed by atoms with Gasteiger partial charge in [-0.1, -0.05) is 6.07 Å². The Labute approximate surface area is 190 Å². The molecular weight excluding hydrogens is 460 g/mol. The van der Waals surface area contributed by atoms with E-state index in [-0.39, 0.29) is 5.56 Å². The predicted molar refractivity (Wildman–Crippen MR) is 111 cm³/mol. The van der Waals surface area contributed by atoms with Crippen molar-refractivity contribution >= 4 is 11.9 Å². The summed E-state index contributed by atoms with van der Waals surface area (Å²) in [5.74, 6) is -7.38. The van der Waals surface area contributed by atoms with Gasteiger partial charge in [-0.05, 0) is 23.8 Å². The number of carbonyl (C=O) groups is 1. The lowest BCUT2D eigenvalue weighted by Crippen LogP contribution is -2.60. The molecule has 0 amide bonds. The Kier molecular flexibility index (Phi) is 7.04. The molecule has 2 aromatic rings. The van der Waals surface area contributed by atoms with Gasteiger partial charge >= 0.3 is 0 Å². The molecule has 13 heteroatoms. The van der Waals surface area contributed by atoms with Crippen LogP contribution < -0.4 is 4.74 Å². The number of allylic oxidation sites excluding steroid dienone is 1. The number of ketones is 1. The summed E-state index contributed by atoms with van der Waals surface area (Å²) in [4.78, 5) is 12.9. The Hall–Kier alpha value is -3.75. The van der Waals surface area contributed by atoms with E-state index < -0.39 is 88.9 Å². The van der Waals surface area contributed by atoms with Gasteiger partial charge in [0.15, 0.2) is 28.8 Å². The van der Waals surface area contributed by atoms with Crippen LogP contribution in [0.1, 0.15) is 15.9 Å². The van der Waals surface area contributed by atoms with Crippen molar-refractivity contribution in [1.82, 2.24) is 0 Å². The maximum absolute atomic E-state index is 12.9. The zero-order valence-electron chi connectivity index (χ0n) is 17.2. The zero-order valence-corrected chi connectivity index (χ0v) is 17.2. The third kappa shape index (κ3) is 4.64. The number of rotatable bonds is 6. The van der Waals surface area contributed by atoms with Gasteiger partial charge in [-0.25, -0.2) is 0 Å². The molecule has 0 saturated carbocycles. The molecule has 3 rings (SSSR count). The number of hydrogen-bond acceptors (Lipinski definition) is 13. The van der Waals surface area contributed by atoms with Crippen LogP contribution in [0.15, 0.2) is 30.0 Å². The Bertz CT molecular complexity index is 1110. The van der Waals surface area contributed by atoms with Crippen molar-refractivity contribution in [1.29, 1.82) is 0 Å². The lowest BCUT2D eigenvalue weighted by molar-refractivity contribution is -0.277. The Morgan fingerprint density at radius 1 is 0.912 bits per heavy atom. The van der Waals surface area contributed by atoms with Crippen molar-refractivity contribution in [3.05, 3.63) is 41.2 Å². The highest BCUT2D eigenvalue weighted by molar-refractivity contribution is 6.13. The van der Waals surface area contributed by atoms with Gasteiger partial charge in [0, 0.05) is 6.07 Å². The summed E-state index contributed by atoms with van der Waals surface area (Å²) in [6, 6.07) is 3.90. The van der Waals surface area contributed by atoms with Crippen LogP contribution in [0, 0.1) is 0 Å². The summed E-state index contributed by atoms with van der Waals surface area (Å²) in [6.45, 7) is -0.809. The Balaban J connectivity index is 2.02. The van der Waals surface area contributed by atoms with E-state index in [2.05, 4.69) is 0 Å². The molecule has 1 saturated heterocycles. The molecule has 1 aliphatic heterocycles. The number of aromatic hydroxyl groups is 5. The fourth-order valence-electron chi connectivity index (χ4n) is 3.22. The van der Waals surface area contributed by atoms with Gasteiger partial charge < -0.3 is 60.5 Å². The van der Waals surface area contributed by atoms with Crippen LogP contribution in [0.5, 0.6) is 34.5 Å². The van der Waals surface area contributed by atoms with Crippen LogP contribution >= 0.6 is 0 Å². The normalized spacial score (nSPS) is 25.2. The minimum absolute atomic E-state index is 0.0556. The Morgan fingerprint density at radius 3 is 2.21 bits per heavy atom. The highest BCUT2D eigenvalue weighted by Crippen LogP contribution is 2.45. The monoisotopic (exact) mass is 482 g/mol. The third-order valence-electron chi connectivity index (χ3n) is 5.06. The summed E-state index contributed by atoms with van der Waals surface area (Å²) in [5, 5.41) is 98.7. The second kappa shape index (κ2) is 9.62. The van der Waals surface area contributed by atoms with Crippen molar-refractivity contribution in [3.63, 3.8) is 0 Å². The molecule has 5 atom stereocenters. The largest absolute Gasteiger partial charge is 0.507 e. The van der Waals surface area contributed by atoms with E-state index in [0.29, 0.717) is 6.07 Å². The van der Waals surface area contributed by atoms with Crippen LogP contribution in [0.25, 0.3) is 6.08 Å². The number of aliphatic hydroxyl groups is 5. The minimum atomic E-state index is -1.96. The molecule has 0 aromatic heterocycles. The summed E-state index contributed by atoms with van der Waals surface area (Å²) in [5.41, 5.74) is -0.830. The van der Waals surface area contributed by atoms with E-state index in [0.717, 1.165) is 18.2 Å². The van der Waals surface area contributed by atoms with Crippen LogP contribution in [-0.4, -0.2) is 94.2 Å². The van der Waals surface area contributed by atoms with Crippen LogP contribution in [-0.2, 0) is 4.74 Å². The first-order chi connectivity index (χ1) is 16.0. The average Bonchev–Trinajstić information content (AvgIpc) is 2.79. The quantitative estimate of drug-likeness (QED) is 0.0796. The van der Waals surface area contributed by atoms with E-state index in [9.17, 15) is 55.9 Å². The second-order valence-electron chi connectivity index (χ2n) is 7.39. The Morgan fingerprint density at radius 2 is 1.59 bits per heavy atom. The molecule has 0 spiro atoms. The number of carbonyl (C=O) groups excluding carboxylic acids is 1. The molecule has 1 aliphatic rings. The van der Waals surface area contributed by atoms with E-state index in [1.54, 1.807) is 0 Å². The van der Waals surface area contributed by atoms with Gasteiger partial charge in [0.1, 0.15) is 35.7 Å². The number of ether oxygens (including phenoxy) is 2. The van der Waals surface area contributed by atoms with Gasteiger partial charge in [-0.3, -0.25) is 4.79 Å². The number of phenolic OH excluding ortho intramolecular Hbond substituents is 5. The van der Waals surface area contributed by atoms with Crippen LogP contribution in [0.3, 0.4) is 0 Å². The van der Waals surface area contributed by atoms with Gasteiger partial charge in [0.25, 0.3) is 0 Å². The average molecular weight is 482 g/mol. The number of hydrogen-bond donors (Lipinski definition) is 10. The molecule has 2 aromatic carbocycles. The number of Topliss-reactive ketones (excluding diaryl/α,β-unsaturated/α-hetero) is 1. The number of phenols is 5. The fourth-order valence-corrected chi connectivity index (χ4v) is 3.22. The molecule has 1 heterocycles. The molecule has 0 aliphatic carbocycles. The lowest BCUT2D eigenvalue weighted by atomic mass is 9.99. The smallest absolute Gasteiger partial charge is 0.234 e. The summed E-state index contributed by atoms with van der Waals surface area (Å²) in [6.07, 6.45) is -8.05. The zero-order chi connectivity index (χ0) is 25.3. The topological polar surface area (TPSA) is 238 Å². The van der Waals surface area contributed by atoms with Crippen molar-refractivity contribution in [2.24, 2.45) is 0 Å². The molecule has 1 fully saturated rings. The number of benzene rings is 2. The first kappa shape index (κ1) is 24.9. The van der Waals surface area contributed by atoms with Gasteiger partial charge in [0.2, 0.25) is 17.8 Å². The molecule has 184 valence electrons. The molecular formula is C21H22O13. The van der Waals surface area contributed by atoms with Crippen molar-refractivity contribution in [3.8, 4) is 34.5 Å². The third-order valence-corrected chi connectivity index (χ3v) is 5.06. The van der Waals surface area contributed by atoms with E-state index in [1.165, 1.54) is 6.07 Å². The molecule has 10 N–H and O–H groups in total. The van der Waals surface area contributed by atoms with Crippen LogP contribution in [0.2, 0.25) is 0 Å². The van der Waals surface area contributed by atoms with Crippen molar-refractivity contribution in [2.45, 2.75) is 30.7 Å². The maximum Gasteiger partial charge on any atom is 0.234 e. The van der Waals surface area contributed by atoms with Crippen molar-refractivity contribution < 1.29 is 65.3 Å². The number of aliphatic hydroxyl groups excluding tert-OH is 5. The second-order valence-corrected chi connectivity index (χ2v) is 7.39. The molecule has 34 heavy (non-hydrogen) atoms. The van der Waals surface area contributed by atoms with Gasteiger partial charge in [-0.2, -0.15) is 0 Å². The summed E-state index contributed by atoms with van der Waals surface area (Å²) in [7, 11) is 0.